The van der Waals surface area contributed by atoms with Crippen molar-refractivity contribution in [2.75, 3.05) is 6.16 Å². The first-order chi connectivity index (χ1) is 13.9. The van der Waals surface area contributed by atoms with Gasteiger partial charge in [0.15, 0.2) is 0 Å². The van der Waals surface area contributed by atoms with Crippen LogP contribution in [0.25, 0.3) is 0 Å². The molecular formula is C27H30P+. The molecule has 0 aliphatic rings. The summed E-state index contributed by atoms with van der Waals surface area (Å²) in [7, 11) is -1.72. The Hall–Kier alpha value is -2.35. The molecule has 0 unspecified atom stereocenters. The molecule has 142 valence electrons. The average Bonchev–Trinajstić information content (AvgIpc) is 2.78. The maximum Gasteiger partial charge on any atom is 0.113 e. The van der Waals surface area contributed by atoms with Crippen LogP contribution in [0.3, 0.4) is 0 Å². The molecule has 3 aromatic rings. The van der Waals surface area contributed by atoms with E-state index in [1.807, 2.05) is 0 Å². The van der Waals surface area contributed by atoms with Crippen LogP contribution in [-0.4, -0.2) is 6.16 Å². The minimum atomic E-state index is -1.72. The van der Waals surface area contributed by atoms with Crippen molar-refractivity contribution in [3.8, 4) is 11.8 Å². The molecule has 0 nitrogen and oxygen atoms in total. The van der Waals surface area contributed by atoms with Crippen LogP contribution in [-0.2, 0) is 0 Å². The van der Waals surface area contributed by atoms with Gasteiger partial charge < -0.3 is 0 Å². The zero-order valence-electron chi connectivity index (χ0n) is 16.9. The predicted octanol–water partition coefficient (Wildman–Crippen LogP) is 5.95. The largest absolute Gasteiger partial charge is 0.113 e. The first-order valence-corrected chi connectivity index (χ1v) is 12.4. The van der Waals surface area contributed by atoms with E-state index in [1.165, 1.54) is 35.2 Å². The number of rotatable bonds is 8. The molecule has 0 fully saturated rings. The highest BCUT2D eigenvalue weighted by atomic mass is 31.2. The summed E-state index contributed by atoms with van der Waals surface area (Å²) in [6.07, 6.45) is 6.82. The fraction of sp³-hybridized carbons (Fsp3) is 0.259. The Morgan fingerprint density at radius 2 is 1.00 bits per heavy atom. The third-order valence-electron chi connectivity index (χ3n) is 5.19. The Kier molecular flexibility index (Phi) is 7.90. The molecule has 0 radical (unpaired) electrons. The summed E-state index contributed by atoms with van der Waals surface area (Å²) in [6.45, 7) is 2.24. The van der Waals surface area contributed by atoms with Gasteiger partial charge in [0.2, 0.25) is 0 Å². The summed E-state index contributed by atoms with van der Waals surface area (Å²) in [5.41, 5.74) is 0. The SMILES string of the molecule is CCCCCC#CCC[P+](c1ccccc1)(c1ccccc1)c1ccccc1. The lowest BCUT2D eigenvalue weighted by Gasteiger charge is -2.27. The van der Waals surface area contributed by atoms with Gasteiger partial charge in [-0.15, -0.1) is 5.92 Å². The minimum absolute atomic E-state index is 0.943. The molecule has 0 aliphatic carbocycles. The van der Waals surface area contributed by atoms with Crippen LogP contribution >= 0.6 is 7.26 Å². The third kappa shape index (κ3) is 4.92. The molecule has 0 saturated heterocycles. The van der Waals surface area contributed by atoms with Crippen LogP contribution in [0.4, 0.5) is 0 Å². The summed E-state index contributed by atoms with van der Waals surface area (Å²) >= 11 is 0. The van der Waals surface area contributed by atoms with Crippen LogP contribution < -0.4 is 15.9 Å². The van der Waals surface area contributed by atoms with Crippen molar-refractivity contribution < 1.29 is 0 Å². The molecule has 28 heavy (non-hydrogen) atoms. The van der Waals surface area contributed by atoms with Crippen molar-refractivity contribution in [2.45, 2.75) is 39.0 Å². The highest BCUT2D eigenvalue weighted by Gasteiger charge is 2.44. The molecule has 0 amide bonds. The van der Waals surface area contributed by atoms with Gasteiger partial charge >= 0.3 is 0 Å². The average molecular weight is 386 g/mol. The number of benzene rings is 3. The van der Waals surface area contributed by atoms with Gasteiger partial charge in [-0.3, -0.25) is 0 Å². The van der Waals surface area contributed by atoms with Crippen molar-refractivity contribution in [3.05, 3.63) is 91.0 Å². The van der Waals surface area contributed by atoms with Gasteiger partial charge in [0.25, 0.3) is 0 Å². The molecular weight excluding hydrogens is 355 g/mol. The van der Waals surface area contributed by atoms with E-state index in [4.69, 9.17) is 0 Å². The zero-order chi connectivity index (χ0) is 19.5. The standard InChI is InChI=1S/C27H30P/c1-2-3-4-5-6-7-17-24-28(25-18-11-8-12-19-25,26-20-13-9-14-21-26)27-22-15-10-16-23-27/h8-16,18-23H,2-5,17,24H2,1H3/q+1. The third-order valence-corrected chi connectivity index (χ3v) is 9.63. The molecule has 0 aromatic heterocycles. The van der Waals surface area contributed by atoms with Crippen molar-refractivity contribution in [2.24, 2.45) is 0 Å². The zero-order valence-corrected chi connectivity index (χ0v) is 17.7. The van der Waals surface area contributed by atoms with E-state index in [0.717, 1.165) is 19.0 Å². The normalized spacial score (nSPS) is 10.9. The van der Waals surface area contributed by atoms with Gasteiger partial charge in [0.05, 0.1) is 6.16 Å². The molecule has 3 aromatic carbocycles. The first kappa shape index (κ1) is 20.4. The number of hydrogen-bond acceptors (Lipinski definition) is 0. The van der Waals surface area contributed by atoms with Crippen LogP contribution in [0.2, 0.25) is 0 Å². The van der Waals surface area contributed by atoms with Crippen molar-refractivity contribution in [1.82, 2.24) is 0 Å². The fourth-order valence-electron chi connectivity index (χ4n) is 3.75. The lowest BCUT2D eigenvalue weighted by atomic mass is 10.2. The van der Waals surface area contributed by atoms with Crippen molar-refractivity contribution >= 4 is 23.2 Å². The lowest BCUT2D eigenvalue weighted by Crippen LogP contribution is -2.33. The molecule has 0 N–H and O–H groups in total. The summed E-state index contributed by atoms with van der Waals surface area (Å²) in [4.78, 5) is 0. The molecule has 0 spiro atoms. The second kappa shape index (κ2) is 10.8. The summed E-state index contributed by atoms with van der Waals surface area (Å²) in [5, 5.41) is 4.33. The predicted molar refractivity (Wildman–Crippen MR) is 127 cm³/mol. The Morgan fingerprint density at radius 1 is 0.571 bits per heavy atom. The number of unbranched alkanes of at least 4 members (excludes halogenated alkanes) is 3. The quantitative estimate of drug-likeness (QED) is 0.255. The fourth-order valence-corrected chi connectivity index (χ4v) is 7.91. The highest BCUT2D eigenvalue weighted by molar-refractivity contribution is 7.95. The van der Waals surface area contributed by atoms with Gasteiger partial charge in [-0.05, 0) is 42.8 Å². The van der Waals surface area contributed by atoms with Crippen molar-refractivity contribution in [1.29, 1.82) is 0 Å². The van der Waals surface area contributed by atoms with Crippen LogP contribution in [0.1, 0.15) is 39.0 Å². The first-order valence-electron chi connectivity index (χ1n) is 10.4. The smallest absolute Gasteiger partial charge is 0.103 e. The number of hydrogen-bond donors (Lipinski definition) is 0. The Balaban J connectivity index is 1.99. The minimum Gasteiger partial charge on any atom is -0.103 e. The van der Waals surface area contributed by atoms with Crippen LogP contribution in [0, 0.1) is 11.8 Å². The molecule has 0 bridgehead atoms. The Morgan fingerprint density at radius 3 is 1.43 bits per heavy atom. The maximum absolute atomic E-state index is 3.49. The second-order valence-electron chi connectivity index (χ2n) is 7.10. The van der Waals surface area contributed by atoms with Gasteiger partial charge in [-0.25, -0.2) is 0 Å². The molecule has 0 aliphatic heterocycles. The summed E-state index contributed by atoms with van der Waals surface area (Å²) in [6, 6.07) is 33.2. The van der Waals surface area contributed by atoms with E-state index in [2.05, 4.69) is 110 Å². The van der Waals surface area contributed by atoms with Crippen molar-refractivity contribution in [3.63, 3.8) is 0 Å². The lowest BCUT2D eigenvalue weighted by molar-refractivity contribution is 0.737. The van der Waals surface area contributed by atoms with E-state index in [0.29, 0.717) is 0 Å². The van der Waals surface area contributed by atoms with Gasteiger partial charge in [0.1, 0.15) is 23.2 Å². The topological polar surface area (TPSA) is 0 Å². The highest BCUT2D eigenvalue weighted by Crippen LogP contribution is 2.55. The van der Waals surface area contributed by atoms with E-state index < -0.39 is 7.26 Å². The Labute approximate surface area is 171 Å². The second-order valence-corrected chi connectivity index (χ2v) is 10.7. The van der Waals surface area contributed by atoms with E-state index in [1.54, 1.807) is 0 Å². The van der Waals surface area contributed by atoms with E-state index in [-0.39, 0.29) is 0 Å². The van der Waals surface area contributed by atoms with Crippen LogP contribution in [0.5, 0.6) is 0 Å². The summed E-state index contributed by atoms with van der Waals surface area (Å²) in [5.74, 6) is 6.90. The van der Waals surface area contributed by atoms with Gasteiger partial charge in [0, 0.05) is 12.8 Å². The molecule has 3 rings (SSSR count). The van der Waals surface area contributed by atoms with Gasteiger partial charge in [-0.2, -0.15) is 0 Å². The van der Waals surface area contributed by atoms with E-state index >= 15 is 0 Å². The Bertz CT molecular complexity index is 776. The molecule has 0 saturated carbocycles. The molecule has 0 atom stereocenters. The van der Waals surface area contributed by atoms with Crippen LogP contribution in [0.15, 0.2) is 91.0 Å². The monoisotopic (exact) mass is 385 g/mol. The maximum atomic E-state index is 3.49. The molecule has 1 heteroatoms. The summed E-state index contributed by atoms with van der Waals surface area (Å²) < 4.78 is 0. The van der Waals surface area contributed by atoms with Gasteiger partial charge in [-0.1, -0.05) is 80.3 Å². The molecule has 0 heterocycles. The van der Waals surface area contributed by atoms with E-state index in [9.17, 15) is 0 Å².